The van der Waals surface area contributed by atoms with Crippen LogP contribution >= 0.6 is 23.4 Å². The quantitative estimate of drug-likeness (QED) is 0.384. The highest BCUT2D eigenvalue weighted by atomic mass is 35.5. The fraction of sp³-hybridized carbons (Fsp3) is 0.125. The summed E-state index contributed by atoms with van der Waals surface area (Å²) in [4.78, 5) is 10.3. The SMILES string of the molecule is Cn1c(SCc2ccc(Cl)cc2)nnc1-c1ccc([N+](=O)[O-])cc1. The fourth-order valence-corrected chi connectivity index (χ4v) is 3.15. The molecule has 122 valence electrons. The number of benzene rings is 2. The lowest BCUT2D eigenvalue weighted by molar-refractivity contribution is -0.384. The van der Waals surface area contributed by atoms with Crippen molar-refractivity contribution in [2.45, 2.75) is 10.9 Å². The van der Waals surface area contributed by atoms with Gasteiger partial charge in [0.15, 0.2) is 11.0 Å². The second-order valence-electron chi connectivity index (χ2n) is 5.08. The first-order valence-electron chi connectivity index (χ1n) is 7.06. The second-order valence-corrected chi connectivity index (χ2v) is 6.46. The Balaban J connectivity index is 1.75. The molecule has 8 heteroatoms. The van der Waals surface area contributed by atoms with Crippen molar-refractivity contribution in [3.05, 3.63) is 69.2 Å². The number of hydrogen-bond acceptors (Lipinski definition) is 5. The highest BCUT2D eigenvalue weighted by Crippen LogP contribution is 2.26. The van der Waals surface area contributed by atoms with Crippen LogP contribution in [0.4, 0.5) is 5.69 Å². The van der Waals surface area contributed by atoms with E-state index in [0.29, 0.717) is 10.8 Å². The van der Waals surface area contributed by atoms with E-state index in [-0.39, 0.29) is 5.69 Å². The predicted molar refractivity (Wildman–Crippen MR) is 94.1 cm³/mol. The predicted octanol–water partition coefficient (Wildman–Crippen LogP) is 4.34. The van der Waals surface area contributed by atoms with Gasteiger partial charge in [-0.1, -0.05) is 35.5 Å². The minimum Gasteiger partial charge on any atom is -0.305 e. The second kappa shape index (κ2) is 7.02. The first kappa shape index (κ1) is 16.5. The summed E-state index contributed by atoms with van der Waals surface area (Å²) in [5.41, 5.74) is 1.98. The van der Waals surface area contributed by atoms with Gasteiger partial charge in [-0.2, -0.15) is 0 Å². The zero-order valence-electron chi connectivity index (χ0n) is 12.7. The van der Waals surface area contributed by atoms with Gasteiger partial charge in [-0.15, -0.1) is 10.2 Å². The van der Waals surface area contributed by atoms with Crippen molar-refractivity contribution in [1.82, 2.24) is 14.8 Å². The summed E-state index contributed by atoms with van der Waals surface area (Å²) in [5.74, 6) is 1.42. The van der Waals surface area contributed by atoms with Crippen molar-refractivity contribution in [2.24, 2.45) is 7.05 Å². The van der Waals surface area contributed by atoms with Crippen LogP contribution in [-0.4, -0.2) is 19.7 Å². The van der Waals surface area contributed by atoms with Gasteiger partial charge in [0.25, 0.3) is 5.69 Å². The normalized spacial score (nSPS) is 10.8. The van der Waals surface area contributed by atoms with Crippen molar-refractivity contribution in [2.75, 3.05) is 0 Å². The van der Waals surface area contributed by atoms with Crippen molar-refractivity contribution >= 4 is 29.1 Å². The van der Waals surface area contributed by atoms with E-state index in [2.05, 4.69) is 10.2 Å². The molecule has 3 rings (SSSR count). The van der Waals surface area contributed by atoms with Crippen LogP contribution in [0.3, 0.4) is 0 Å². The molecule has 0 saturated carbocycles. The van der Waals surface area contributed by atoms with Crippen molar-refractivity contribution in [1.29, 1.82) is 0 Å². The Morgan fingerprint density at radius 1 is 1.12 bits per heavy atom. The monoisotopic (exact) mass is 360 g/mol. The van der Waals surface area contributed by atoms with Gasteiger partial charge in [0.2, 0.25) is 0 Å². The molecule has 0 aliphatic heterocycles. The molecule has 0 aliphatic rings. The van der Waals surface area contributed by atoms with Gasteiger partial charge in [0.1, 0.15) is 0 Å². The molecule has 0 unspecified atom stereocenters. The molecule has 1 aromatic heterocycles. The molecular formula is C16H13ClN4O2S. The molecule has 24 heavy (non-hydrogen) atoms. The van der Waals surface area contributed by atoms with E-state index in [1.54, 1.807) is 23.9 Å². The van der Waals surface area contributed by atoms with Crippen LogP contribution < -0.4 is 0 Å². The lowest BCUT2D eigenvalue weighted by Gasteiger charge is -2.04. The number of hydrogen-bond donors (Lipinski definition) is 0. The molecule has 0 saturated heterocycles. The molecule has 0 fully saturated rings. The molecule has 3 aromatic rings. The van der Waals surface area contributed by atoms with Crippen LogP contribution in [0.2, 0.25) is 5.02 Å². The zero-order valence-corrected chi connectivity index (χ0v) is 14.3. The molecule has 0 bridgehead atoms. The Bertz CT molecular complexity index is 863. The van der Waals surface area contributed by atoms with Crippen LogP contribution in [0.25, 0.3) is 11.4 Å². The number of nitro groups is 1. The lowest BCUT2D eigenvalue weighted by atomic mass is 10.2. The number of rotatable bonds is 5. The van der Waals surface area contributed by atoms with E-state index >= 15 is 0 Å². The third kappa shape index (κ3) is 3.58. The van der Waals surface area contributed by atoms with Crippen LogP contribution in [0.15, 0.2) is 53.7 Å². The Morgan fingerprint density at radius 3 is 2.42 bits per heavy atom. The average molecular weight is 361 g/mol. The summed E-state index contributed by atoms with van der Waals surface area (Å²) in [6.45, 7) is 0. The molecule has 0 amide bonds. The Labute approximate surface area is 147 Å². The van der Waals surface area contributed by atoms with Crippen molar-refractivity contribution < 1.29 is 4.92 Å². The number of thioether (sulfide) groups is 1. The molecule has 2 aromatic carbocycles. The van der Waals surface area contributed by atoms with E-state index in [0.717, 1.165) is 22.0 Å². The topological polar surface area (TPSA) is 73.8 Å². The molecule has 0 spiro atoms. The van der Waals surface area contributed by atoms with Crippen LogP contribution in [0.5, 0.6) is 0 Å². The van der Waals surface area contributed by atoms with Gasteiger partial charge in [0.05, 0.1) is 4.92 Å². The van der Waals surface area contributed by atoms with E-state index in [4.69, 9.17) is 11.6 Å². The van der Waals surface area contributed by atoms with E-state index < -0.39 is 4.92 Å². The first-order chi connectivity index (χ1) is 11.5. The first-order valence-corrected chi connectivity index (χ1v) is 8.42. The van der Waals surface area contributed by atoms with Crippen LogP contribution in [-0.2, 0) is 12.8 Å². The van der Waals surface area contributed by atoms with Gasteiger partial charge in [0, 0.05) is 35.5 Å². The molecule has 0 atom stereocenters. The van der Waals surface area contributed by atoms with Gasteiger partial charge in [-0.3, -0.25) is 10.1 Å². The summed E-state index contributed by atoms with van der Waals surface area (Å²) < 4.78 is 1.88. The lowest BCUT2D eigenvalue weighted by Crippen LogP contribution is -1.95. The van der Waals surface area contributed by atoms with Crippen molar-refractivity contribution in [3.8, 4) is 11.4 Å². The highest BCUT2D eigenvalue weighted by Gasteiger charge is 2.13. The van der Waals surface area contributed by atoms with Crippen LogP contribution in [0, 0.1) is 10.1 Å². The summed E-state index contributed by atoms with van der Waals surface area (Å²) in [6.07, 6.45) is 0. The van der Waals surface area contributed by atoms with E-state index in [1.165, 1.54) is 12.1 Å². The maximum atomic E-state index is 10.7. The maximum absolute atomic E-state index is 10.7. The highest BCUT2D eigenvalue weighted by molar-refractivity contribution is 7.98. The molecule has 0 aliphatic carbocycles. The zero-order chi connectivity index (χ0) is 17.1. The molecular weight excluding hydrogens is 348 g/mol. The van der Waals surface area contributed by atoms with Crippen molar-refractivity contribution in [3.63, 3.8) is 0 Å². The van der Waals surface area contributed by atoms with Gasteiger partial charge in [-0.05, 0) is 29.8 Å². The number of nitro benzene ring substituents is 1. The Kier molecular flexibility index (Phi) is 4.82. The standard InChI is InChI=1S/C16H13ClN4O2S/c1-20-15(12-4-8-14(9-5-12)21(22)23)18-19-16(20)24-10-11-2-6-13(17)7-3-11/h2-9H,10H2,1H3. The Hall–Kier alpha value is -2.38. The minimum atomic E-state index is -0.423. The Morgan fingerprint density at radius 2 is 1.79 bits per heavy atom. The van der Waals surface area contributed by atoms with Gasteiger partial charge < -0.3 is 4.57 Å². The summed E-state index contributed by atoms with van der Waals surface area (Å²) in [5, 5.41) is 20.6. The third-order valence-electron chi connectivity index (χ3n) is 3.45. The summed E-state index contributed by atoms with van der Waals surface area (Å²) in [7, 11) is 1.88. The number of aromatic nitrogens is 3. The number of non-ortho nitro benzene ring substituents is 1. The van der Waals surface area contributed by atoms with Gasteiger partial charge >= 0.3 is 0 Å². The molecule has 0 radical (unpaired) electrons. The number of halogens is 1. The average Bonchev–Trinajstić information content (AvgIpc) is 2.95. The number of nitrogens with zero attached hydrogens (tertiary/aromatic N) is 4. The fourth-order valence-electron chi connectivity index (χ4n) is 2.15. The summed E-state index contributed by atoms with van der Waals surface area (Å²) >= 11 is 7.45. The summed E-state index contributed by atoms with van der Waals surface area (Å²) in [6, 6.07) is 13.9. The van der Waals surface area contributed by atoms with E-state index in [1.807, 2.05) is 35.9 Å². The van der Waals surface area contributed by atoms with Crippen LogP contribution in [0.1, 0.15) is 5.56 Å². The molecule has 1 heterocycles. The van der Waals surface area contributed by atoms with E-state index in [9.17, 15) is 10.1 Å². The largest absolute Gasteiger partial charge is 0.305 e. The maximum Gasteiger partial charge on any atom is 0.269 e. The minimum absolute atomic E-state index is 0.0539. The van der Waals surface area contributed by atoms with Gasteiger partial charge in [-0.25, -0.2) is 0 Å². The smallest absolute Gasteiger partial charge is 0.269 e. The third-order valence-corrected chi connectivity index (χ3v) is 4.80. The molecule has 6 nitrogen and oxygen atoms in total. The molecule has 0 N–H and O–H groups in total.